The first-order valence-corrected chi connectivity index (χ1v) is 7.86. The molecule has 1 aliphatic rings. The zero-order chi connectivity index (χ0) is 16.1. The number of anilines is 1. The summed E-state index contributed by atoms with van der Waals surface area (Å²) in [5.74, 6) is 0.584. The van der Waals surface area contributed by atoms with Crippen molar-refractivity contribution in [2.45, 2.75) is 19.4 Å². The van der Waals surface area contributed by atoms with Crippen molar-refractivity contribution in [1.29, 1.82) is 0 Å². The van der Waals surface area contributed by atoms with E-state index in [1.165, 1.54) is 5.56 Å². The number of aromatic nitrogens is 1. The highest BCUT2D eigenvalue weighted by Crippen LogP contribution is 2.13. The fraction of sp³-hybridized carbons (Fsp3) is 0.333. The monoisotopic (exact) mass is 311 g/mol. The molecule has 5 nitrogen and oxygen atoms in total. The zero-order valence-electron chi connectivity index (χ0n) is 13.2. The number of nitrogens with zero attached hydrogens (tertiary/aromatic N) is 2. The van der Waals surface area contributed by atoms with E-state index in [2.05, 4.69) is 22.4 Å². The van der Waals surface area contributed by atoms with Crippen molar-refractivity contribution in [3.8, 4) is 0 Å². The smallest absolute Gasteiger partial charge is 0.323 e. The van der Waals surface area contributed by atoms with E-state index in [0.29, 0.717) is 25.5 Å². The van der Waals surface area contributed by atoms with Gasteiger partial charge in [-0.3, -0.25) is 5.32 Å². The maximum atomic E-state index is 12.4. The molecule has 1 aromatic heterocycles. The number of aryl methyl sites for hydroxylation is 1. The molecule has 1 aromatic carbocycles. The molecule has 2 aromatic rings. The molecule has 120 valence electrons. The number of pyridine rings is 1. The largest absolute Gasteiger partial charge is 0.374 e. The van der Waals surface area contributed by atoms with E-state index in [4.69, 9.17) is 4.74 Å². The number of hydrogen-bond acceptors (Lipinski definition) is 3. The van der Waals surface area contributed by atoms with Crippen LogP contribution >= 0.6 is 0 Å². The number of carbonyl (C=O) groups is 1. The maximum absolute atomic E-state index is 12.4. The van der Waals surface area contributed by atoms with Crippen LogP contribution in [0.5, 0.6) is 0 Å². The molecule has 3 rings (SSSR count). The van der Waals surface area contributed by atoms with Gasteiger partial charge in [-0.15, -0.1) is 0 Å². The molecule has 1 atom stereocenters. The van der Waals surface area contributed by atoms with Gasteiger partial charge in [0, 0.05) is 25.2 Å². The third-order valence-corrected chi connectivity index (χ3v) is 3.86. The van der Waals surface area contributed by atoms with E-state index >= 15 is 0 Å². The standard InChI is InChI=1S/C18H21N3O2/c1-14-6-5-9-17(19-14)20-18(22)21-10-11-23-16(13-21)12-15-7-3-2-4-8-15/h2-9,16H,10-13H2,1H3,(H,19,20,22)/t16-/m1/s1. The van der Waals surface area contributed by atoms with Gasteiger partial charge in [0.05, 0.1) is 12.7 Å². The molecule has 2 heterocycles. The molecular weight excluding hydrogens is 290 g/mol. The number of ether oxygens (including phenoxy) is 1. The molecular formula is C18H21N3O2. The van der Waals surface area contributed by atoms with Gasteiger partial charge in [-0.25, -0.2) is 9.78 Å². The van der Waals surface area contributed by atoms with Crippen molar-refractivity contribution in [3.63, 3.8) is 0 Å². The predicted molar refractivity (Wildman–Crippen MR) is 89.5 cm³/mol. The van der Waals surface area contributed by atoms with Gasteiger partial charge in [0.15, 0.2) is 0 Å². The Morgan fingerprint density at radius 1 is 1.26 bits per heavy atom. The number of amides is 2. The molecule has 0 radical (unpaired) electrons. The maximum Gasteiger partial charge on any atom is 0.323 e. The van der Waals surface area contributed by atoms with Crippen LogP contribution in [0.25, 0.3) is 0 Å². The van der Waals surface area contributed by atoms with Gasteiger partial charge in [-0.2, -0.15) is 0 Å². The van der Waals surface area contributed by atoms with Crippen LogP contribution in [0.15, 0.2) is 48.5 Å². The van der Waals surface area contributed by atoms with E-state index in [1.807, 2.05) is 37.3 Å². The van der Waals surface area contributed by atoms with Gasteiger partial charge in [-0.05, 0) is 24.6 Å². The number of urea groups is 1. The second-order valence-corrected chi connectivity index (χ2v) is 5.72. The summed E-state index contributed by atoms with van der Waals surface area (Å²) >= 11 is 0. The van der Waals surface area contributed by atoms with Crippen molar-refractivity contribution in [3.05, 3.63) is 59.8 Å². The highest BCUT2D eigenvalue weighted by atomic mass is 16.5. The lowest BCUT2D eigenvalue weighted by Gasteiger charge is -2.33. The number of nitrogens with one attached hydrogen (secondary N) is 1. The Hall–Kier alpha value is -2.40. The number of rotatable bonds is 3. The molecule has 1 aliphatic heterocycles. The van der Waals surface area contributed by atoms with Gasteiger partial charge >= 0.3 is 6.03 Å². The van der Waals surface area contributed by atoms with E-state index in [-0.39, 0.29) is 12.1 Å². The first-order valence-electron chi connectivity index (χ1n) is 7.86. The van der Waals surface area contributed by atoms with Crippen molar-refractivity contribution >= 4 is 11.8 Å². The van der Waals surface area contributed by atoms with Gasteiger partial charge in [0.2, 0.25) is 0 Å². The predicted octanol–water partition coefficient (Wildman–Crippen LogP) is 2.87. The first-order chi connectivity index (χ1) is 11.2. The Balaban J connectivity index is 1.58. The summed E-state index contributed by atoms with van der Waals surface area (Å²) in [6, 6.07) is 15.7. The molecule has 1 saturated heterocycles. The quantitative estimate of drug-likeness (QED) is 0.948. The van der Waals surface area contributed by atoms with E-state index in [1.54, 1.807) is 11.0 Å². The molecule has 0 aliphatic carbocycles. The van der Waals surface area contributed by atoms with Crippen molar-refractivity contribution in [2.24, 2.45) is 0 Å². The van der Waals surface area contributed by atoms with Crippen LogP contribution < -0.4 is 5.32 Å². The minimum atomic E-state index is -0.121. The van der Waals surface area contributed by atoms with E-state index < -0.39 is 0 Å². The van der Waals surface area contributed by atoms with Crippen LogP contribution in [0.3, 0.4) is 0 Å². The summed E-state index contributed by atoms with van der Waals surface area (Å²) < 4.78 is 5.79. The SMILES string of the molecule is Cc1cccc(NC(=O)N2CCO[C@H](Cc3ccccc3)C2)n1. The van der Waals surface area contributed by atoms with Crippen LogP contribution in [0, 0.1) is 6.92 Å². The second-order valence-electron chi connectivity index (χ2n) is 5.72. The molecule has 0 spiro atoms. The fourth-order valence-corrected chi connectivity index (χ4v) is 2.71. The molecule has 0 unspecified atom stereocenters. The summed E-state index contributed by atoms with van der Waals surface area (Å²) in [6.07, 6.45) is 0.843. The molecule has 2 amide bonds. The van der Waals surface area contributed by atoms with Crippen molar-refractivity contribution < 1.29 is 9.53 Å². The average molecular weight is 311 g/mol. The molecule has 1 N–H and O–H groups in total. The minimum Gasteiger partial charge on any atom is -0.374 e. The van der Waals surface area contributed by atoms with Gasteiger partial charge in [0.1, 0.15) is 5.82 Å². The Bertz CT molecular complexity index is 660. The van der Waals surface area contributed by atoms with Crippen LogP contribution in [-0.4, -0.2) is 41.7 Å². The Kier molecular flexibility index (Phi) is 4.88. The van der Waals surface area contributed by atoms with Crippen LogP contribution in [0.1, 0.15) is 11.3 Å². The molecule has 23 heavy (non-hydrogen) atoms. The first kappa shape index (κ1) is 15.5. The highest BCUT2D eigenvalue weighted by Gasteiger charge is 2.24. The lowest BCUT2D eigenvalue weighted by Crippen LogP contribution is -2.48. The van der Waals surface area contributed by atoms with Gasteiger partial charge < -0.3 is 9.64 Å². The summed E-state index contributed by atoms with van der Waals surface area (Å²) in [6.45, 7) is 3.65. The van der Waals surface area contributed by atoms with Crippen molar-refractivity contribution in [1.82, 2.24) is 9.88 Å². The second kappa shape index (κ2) is 7.24. The van der Waals surface area contributed by atoms with Gasteiger partial charge in [0.25, 0.3) is 0 Å². The zero-order valence-corrected chi connectivity index (χ0v) is 13.2. The lowest BCUT2D eigenvalue weighted by atomic mass is 10.1. The highest BCUT2D eigenvalue weighted by molar-refractivity contribution is 5.88. The molecule has 1 fully saturated rings. The van der Waals surface area contributed by atoms with Gasteiger partial charge in [-0.1, -0.05) is 36.4 Å². The minimum absolute atomic E-state index is 0.0300. The third kappa shape index (κ3) is 4.29. The Morgan fingerprint density at radius 2 is 2.09 bits per heavy atom. The number of hydrogen-bond donors (Lipinski definition) is 1. The number of carbonyl (C=O) groups excluding carboxylic acids is 1. The average Bonchev–Trinajstić information content (AvgIpc) is 2.56. The Labute approximate surface area is 136 Å². The fourth-order valence-electron chi connectivity index (χ4n) is 2.71. The molecule has 0 bridgehead atoms. The van der Waals surface area contributed by atoms with Crippen LogP contribution in [-0.2, 0) is 11.2 Å². The lowest BCUT2D eigenvalue weighted by molar-refractivity contribution is -0.0113. The summed E-state index contributed by atoms with van der Waals surface area (Å²) in [7, 11) is 0. The number of benzene rings is 1. The topological polar surface area (TPSA) is 54.5 Å². The van der Waals surface area contributed by atoms with E-state index in [0.717, 1.165) is 12.1 Å². The Morgan fingerprint density at radius 3 is 2.87 bits per heavy atom. The summed E-state index contributed by atoms with van der Waals surface area (Å²) in [5.41, 5.74) is 2.10. The summed E-state index contributed by atoms with van der Waals surface area (Å²) in [5, 5.41) is 2.86. The van der Waals surface area contributed by atoms with E-state index in [9.17, 15) is 4.79 Å². The molecule has 5 heteroatoms. The van der Waals surface area contributed by atoms with Crippen molar-refractivity contribution in [2.75, 3.05) is 25.0 Å². The third-order valence-electron chi connectivity index (χ3n) is 3.86. The van der Waals surface area contributed by atoms with Crippen LogP contribution in [0.2, 0.25) is 0 Å². The normalized spacial score (nSPS) is 17.8. The number of morpholine rings is 1. The summed E-state index contributed by atoms with van der Waals surface area (Å²) in [4.78, 5) is 18.5. The molecule has 0 saturated carbocycles. The van der Waals surface area contributed by atoms with Crippen LogP contribution in [0.4, 0.5) is 10.6 Å².